The summed E-state index contributed by atoms with van der Waals surface area (Å²) in [6.07, 6.45) is 3.80. The van der Waals surface area contributed by atoms with Gasteiger partial charge in [-0.05, 0) is 32.2 Å². The zero-order chi connectivity index (χ0) is 13.8. The molecule has 0 spiro atoms. The van der Waals surface area contributed by atoms with Gasteiger partial charge in [-0.25, -0.2) is 0 Å². The molecule has 19 heavy (non-hydrogen) atoms. The van der Waals surface area contributed by atoms with Crippen LogP contribution >= 0.6 is 0 Å². The summed E-state index contributed by atoms with van der Waals surface area (Å²) in [5.41, 5.74) is 0. The summed E-state index contributed by atoms with van der Waals surface area (Å²) in [5.74, 6) is 0.385. The minimum absolute atomic E-state index is 0.0294. The Labute approximate surface area is 115 Å². The number of nitrogens with one attached hydrogen (secondary N) is 2. The third-order valence-corrected chi connectivity index (χ3v) is 4.04. The van der Waals surface area contributed by atoms with Gasteiger partial charge in [0.15, 0.2) is 0 Å². The second-order valence-corrected chi connectivity index (χ2v) is 5.91. The topological polar surface area (TPSA) is 61.4 Å². The van der Waals surface area contributed by atoms with Crippen molar-refractivity contribution in [2.75, 3.05) is 19.6 Å². The van der Waals surface area contributed by atoms with Crippen LogP contribution in [0, 0.1) is 5.92 Å². The van der Waals surface area contributed by atoms with Crippen LogP contribution in [0.25, 0.3) is 0 Å². The third kappa shape index (κ3) is 3.69. The predicted octanol–water partition coefficient (Wildman–Crippen LogP) is 0.502. The van der Waals surface area contributed by atoms with E-state index < -0.39 is 0 Å². The zero-order valence-electron chi connectivity index (χ0n) is 11.9. The lowest BCUT2D eigenvalue weighted by Crippen LogP contribution is -2.51. The molecule has 0 aliphatic carbocycles. The van der Waals surface area contributed by atoms with E-state index in [0.29, 0.717) is 0 Å². The fourth-order valence-electron chi connectivity index (χ4n) is 2.73. The number of carbonyl (C=O) groups is 2. The Hall–Kier alpha value is -1.10. The van der Waals surface area contributed by atoms with E-state index in [2.05, 4.69) is 10.6 Å². The lowest BCUT2D eigenvalue weighted by atomic mass is 10.0. The molecule has 2 fully saturated rings. The van der Waals surface area contributed by atoms with Gasteiger partial charge in [0.25, 0.3) is 0 Å². The first kappa shape index (κ1) is 14.3. The fraction of sp³-hybridized carbons (Fsp3) is 0.857. The molecule has 1 unspecified atom stereocenters. The minimum Gasteiger partial charge on any atom is -0.353 e. The molecular weight excluding hydrogens is 242 g/mol. The van der Waals surface area contributed by atoms with Crippen molar-refractivity contribution in [1.82, 2.24) is 15.5 Å². The highest BCUT2D eigenvalue weighted by Gasteiger charge is 2.30. The Morgan fingerprint density at radius 2 is 1.89 bits per heavy atom. The number of nitrogens with zero attached hydrogens (tertiary/aromatic N) is 1. The SMILES string of the molecule is CC(C)C(=O)NC1CCN(C(=O)C2CCCN2)CC1. The molecule has 2 saturated heterocycles. The van der Waals surface area contributed by atoms with Crippen molar-refractivity contribution in [2.45, 2.75) is 51.6 Å². The molecule has 2 N–H and O–H groups in total. The Kier molecular flexibility index (Phi) is 4.80. The molecule has 108 valence electrons. The summed E-state index contributed by atoms with van der Waals surface area (Å²) in [6.45, 7) is 6.29. The highest BCUT2D eigenvalue weighted by Crippen LogP contribution is 2.15. The van der Waals surface area contributed by atoms with Crippen LogP contribution in [0.15, 0.2) is 0 Å². The van der Waals surface area contributed by atoms with E-state index in [1.54, 1.807) is 0 Å². The number of amides is 2. The number of carbonyl (C=O) groups excluding carboxylic acids is 2. The molecule has 0 saturated carbocycles. The van der Waals surface area contributed by atoms with Crippen LogP contribution in [0.4, 0.5) is 0 Å². The average molecular weight is 267 g/mol. The van der Waals surface area contributed by atoms with Gasteiger partial charge in [-0.1, -0.05) is 13.8 Å². The second kappa shape index (κ2) is 6.37. The lowest BCUT2D eigenvalue weighted by Gasteiger charge is -2.34. The van der Waals surface area contributed by atoms with E-state index in [1.165, 1.54) is 0 Å². The Morgan fingerprint density at radius 3 is 2.42 bits per heavy atom. The van der Waals surface area contributed by atoms with Crippen molar-refractivity contribution in [1.29, 1.82) is 0 Å². The molecule has 2 aliphatic heterocycles. The monoisotopic (exact) mass is 267 g/mol. The summed E-state index contributed by atoms with van der Waals surface area (Å²) >= 11 is 0. The fourth-order valence-corrected chi connectivity index (χ4v) is 2.73. The molecule has 5 nitrogen and oxygen atoms in total. The van der Waals surface area contributed by atoms with Gasteiger partial charge < -0.3 is 15.5 Å². The van der Waals surface area contributed by atoms with E-state index in [0.717, 1.165) is 45.3 Å². The molecule has 2 rings (SSSR count). The summed E-state index contributed by atoms with van der Waals surface area (Å²) in [5, 5.41) is 6.31. The van der Waals surface area contributed by atoms with Crippen LogP contribution in [0.2, 0.25) is 0 Å². The van der Waals surface area contributed by atoms with Crippen molar-refractivity contribution < 1.29 is 9.59 Å². The van der Waals surface area contributed by atoms with E-state index >= 15 is 0 Å². The molecular formula is C14H25N3O2. The summed E-state index contributed by atoms with van der Waals surface area (Å²) in [6, 6.07) is 0.261. The van der Waals surface area contributed by atoms with Crippen molar-refractivity contribution in [2.24, 2.45) is 5.92 Å². The van der Waals surface area contributed by atoms with E-state index in [4.69, 9.17) is 0 Å². The maximum Gasteiger partial charge on any atom is 0.239 e. The first-order valence-corrected chi connectivity index (χ1v) is 7.40. The van der Waals surface area contributed by atoms with Gasteiger partial charge in [0.1, 0.15) is 0 Å². The van der Waals surface area contributed by atoms with Gasteiger partial charge in [0, 0.05) is 25.0 Å². The van der Waals surface area contributed by atoms with Gasteiger partial charge in [-0.15, -0.1) is 0 Å². The lowest BCUT2D eigenvalue weighted by molar-refractivity contribution is -0.134. The smallest absolute Gasteiger partial charge is 0.239 e. The largest absolute Gasteiger partial charge is 0.353 e. The molecule has 5 heteroatoms. The summed E-state index contributed by atoms with van der Waals surface area (Å²) in [4.78, 5) is 25.8. The molecule has 0 aromatic carbocycles. The van der Waals surface area contributed by atoms with Crippen molar-refractivity contribution in [3.05, 3.63) is 0 Å². The second-order valence-electron chi connectivity index (χ2n) is 5.91. The molecule has 0 aromatic heterocycles. The van der Waals surface area contributed by atoms with E-state index in [1.807, 2.05) is 18.7 Å². The van der Waals surface area contributed by atoms with Crippen LogP contribution in [-0.2, 0) is 9.59 Å². The number of piperidine rings is 1. The number of hydrogen-bond donors (Lipinski definition) is 2. The van der Waals surface area contributed by atoms with Crippen molar-refractivity contribution >= 4 is 11.8 Å². The standard InChI is InChI=1S/C14H25N3O2/c1-10(2)13(18)16-11-5-8-17(9-6-11)14(19)12-4-3-7-15-12/h10-12,15H,3-9H2,1-2H3,(H,16,18). The van der Waals surface area contributed by atoms with Crippen LogP contribution in [-0.4, -0.2) is 48.4 Å². The van der Waals surface area contributed by atoms with E-state index in [9.17, 15) is 9.59 Å². The number of rotatable bonds is 3. The summed E-state index contributed by atoms with van der Waals surface area (Å²) in [7, 11) is 0. The number of hydrogen-bond acceptors (Lipinski definition) is 3. The third-order valence-electron chi connectivity index (χ3n) is 4.04. The van der Waals surface area contributed by atoms with Gasteiger partial charge in [0.05, 0.1) is 6.04 Å². The highest BCUT2D eigenvalue weighted by atomic mass is 16.2. The van der Waals surface area contributed by atoms with Crippen LogP contribution in [0.1, 0.15) is 39.5 Å². The predicted molar refractivity (Wildman–Crippen MR) is 73.6 cm³/mol. The van der Waals surface area contributed by atoms with Gasteiger partial charge in [0.2, 0.25) is 11.8 Å². The maximum atomic E-state index is 12.2. The molecule has 0 radical (unpaired) electrons. The van der Waals surface area contributed by atoms with Gasteiger partial charge in [-0.2, -0.15) is 0 Å². The number of likely N-dealkylation sites (tertiary alicyclic amines) is 1. The first-order valence-electron chi connectivity index (χ1n) is 7.40. The quantitative estimate of drug-likeness (QED) is 0.783. The molecule has 2 amide bonds. The average Bonchev–Trinajstić information content (AvgIpc) is 2.92. The Balaban J connectivity index is 1.75. The molecule has 0 bridgehead atoms. The molecule has 2 heterocycles. The van der Waals surface area contributed by atoms with Crippen molar-refractivity contribution in [3.63, 3.8) is 0 Å². The van der Waals surface area contributed by atoms with Gasteiger partial charge >= 0.3 is 0 Å². The molecule has 1 atom stereocenters. The Bertz CT molecular complexity index is 330. The van der Waals surface area contributed by atoms with Crippen molar-refractivity contribution in [3.8, 4) is 0 Å². The molecule has 0 aromatic rings. The Morgan fingerprint density at radius 1 is 1.21 bits per heavy atom. The van der Waals surface area contributed by atoms with E-state index in [-0.39, 0.29) is 29.8 Å². The highest BCUT2D eigenvalue weighted by molar-refractivity contribution is 5.82. The minimum atomic E-state index is 0.0294. The van der Waals surface area contributed by atoms with Crippen LogP contribution in [0.5, 0.6) is 0 Å². The summed E-state index contributed by atoms with van der Waals surface area (Å²) < 4.78 is 0. The molecule has 2 aliphatic rings. The zero-order valence-corrected chi connectivity index (χ0v) is 11.9. The van der Waals surface area contributed by atoms with Crippen LogP contribution < -0.4 is 10.6 Å². The normalized spacial score (nSPS) is 24.8. The van der Waals surface area contributed by atoms with Gasteiger partial charge in [-0.3, -0.25) is 9.59 Å². The first-order chi connectivity index (χ1) is 9.08. The van der Waals surface area contributed by atoms with Crippen LogP contribution in [0.3, 0.4) is 0 Å². The maximum absolute atomic E-state index is 12.2.